The Morgan fingerprint density at radius 1 is 0.685 bits per heavy atom. The molecule has 310 valence electrons. The molecule has 0 amide bonds. The number of phosphoric ester groups is 1. The molecule has 4 atom stereocenters. The van der Waals surface area contributed by atoms with E-state index in [1.54, 1.807) is 6.08 Å². The molecule has 12 nitrogen and oxygen atoms in total. The molecule has 13 heteroatoms. The molecule has 0 bridgehead atoms. The van der Waals surface area contributed by atoms with Gasteiger partial charge in [-0.05, 0) is 44.9 Å². The SMILES string of the molecule is CC/C=C\C(O)C/C=C/C=C\C/C=C\C/C=C\CCCC(=O)OC[C@H](COP(=O)(O)OC[C@H](N)C(=O)O)OC(=O)CCCCCCCCCCCCCC. The molecule has 0 aliphatic carbocycles. The van der Waals surface area contributed by atoms with Crippen LogP contribution in [0.25, 0.3) is 0 Å². The number of carbonyl (C=O) groups excluding carboxylic acids is 2. The number of nitrogens with two attached hydrogens (primary N) is 1. The van der Waals surface area contributed by atoms with E-state index >= 15 is 0 Å². The summed E-state index contributed by atoms with van der Waals surface area (Å²) < 4.78 is 32.5. The summed E-state index contributed by atoms with van der Waals surface area (Å²) in [5, 5.41) is 18.6. The van der Waals surface area contributed by atoms with E-state index in [4.69, 9.17) is 24.8 Å². The predicted molar refractivity (Wildman–Crippen MR) is 214 cm³/mol. The summed E-state index contributed by atoms with van der Waals surface area (Å²) in [5.41, 5.74) is 5.31. The number of esters is 2. The zero-order valence-corrected chi connectivity index (χ0v) is 33.8. The summed E-state index contributed by atoms with van der Waals surface area (Å²) in [5.74, 6) is -2.49. The van der Waals surface area contributed by atoms with E-state index in [0.717, 1.165) is 38.5 Å². The molecule has 0 aliphatic heterocycles. The Kier molecular flexibility index (Phi) is 33.9. The summed E-state index contributed by atoms with van der Waals surface area (Å²) in [6.07, 6.45) is 36.4. The second kappa shape index (κ2) is 35.8. The molecule has 54 heavy (non-hydrogen) atoms. The van der Waals surface area contributed by atoms with Crippen LogP contribution in [-0.2, 0) is 37.5 Å². The lowest BCUT2D eigenvalue weighted by molar-refractivity contribution is -0.161. The fourth-order valence-electron chi connectivity index (χ4n) is 4.94. The van der Waals surface area contributed by atoms with Gasteiger partial charge in [0.05, 0.1) is 19.3 Å². The van der Waals surface area contributed by atoms with E-state index in [0.29, 0.717) is 25.7 Å². The van der Waals surface area contributed by atoms with Gasteiger partial charge in [0.25, 0.3) is 0 Å². The predicted octanol–water partition coefficient (Wildman–Crippen LogP) is 8.97. The lowest BCUT2D eigenvalue weighted by Crippen LogP contribution is -2.34. The molecule has 0 saturated heterocycles. The molecule has 0 rings (SSSR count). The summed E-state index contributed by atoms with van der Waals surface area (Å²) in [6.45, 7) is 2.47. The molecule has 0 saturated carbocycles. The molecule has 2 unspecified atom stereocenters. The highest BCUT2D eigenvalue weighted by atomic mass is 31.2. The van der Waals surface area contributed by atoms with Gasteiger partial charge < -0.3 is 30.3 Å². The van der Waals surface area contributed by atoms with E-state index in [1.807, 2.05) is 49.5 Å². The Hall–Kier alpha value is -2.86. The smallest absolute Gasteiger partial charge is 0.472 e. The minimum atomic E-state index is -4.73. The second-order valence-corrected chi connectivity index (χ2v) is 14.7. The van der Waals surface area contributed by atoms with Gasteiger partial charge in [-0.2, -0.15) is 0 Å². The number of carboxylic acids is 1. The number of carboxylic acid groups (broad SMARTS) is 1. The maximum Gasteiger partial charge on any atom is 0.472 e. The molecule has 0 aliphatic rings. The normalized spacial score (nSPS) is 15.1. The van der Waals surface area contributed by atoms with Crippen molar-refractivity contribution < 1.29 is 52.6 Å². The van der Waals surface area contributed by atoms with E-state index in [-0.39, 0.29) is 19.4 Å². The molecule has 0 radical (unpaired) electrons. The van der Waals surface area contributed by atoms with Gasteiger partial charge in [0.1, 0.15) is 12.6 Å². The molecule has 5 N–H and O–H groups in total. The van der Waals surface area contributed by atoms with Crippen LogP contribution in [0, 0.1) is 0 Å². The van der Waals surface area contributed by atoms with Crippen molar-refractivity contribution in [3.05, 3.63) is 60.8 Å². The van der Waals surface area contributed by atoms with Gasteiger partial charge in [0.15, 0.2) is 6.10 Å². The van der Waals surface area contributed by atoms with Crippen LogP contribution < -0.4 is 5.73 Å². The van der Waals surface area contributed by atoms with Crippen molar-refractivity contribution in [1.29, 1.82) is 0 Å². The lowest BCUT2D eigenvalue weighted by Gasteiger charge is -2.20. The van der Waals surface area contributed by atoms with Crippen LogP contribution in [0.15, 0.2) is 60.8 Å². The molecule has 0 fully saturated rings. The van der Waals surface area contributed by atoms with Crippen molar-refractivity contribution in [3.63, 3.8) is 0 Å². The number of hydrogen-bond donors (Lipinski definition) is 4. The summed E-state index contributed by atoms with van der Waals surface area (Å²) in [6, 6.07) is -1.54. The van der Waals surface area contributed by atoms with E-state index in [1.165, 1.54) is 51.4 Å². The lowest BCUT2D eigenvalue weighted by atomic mass is 10.0. The second-order valence-electron chi connectivity index (χ2n) is 13.2. The minimum absolute atomic E-state index is 0.124. The fraction of sp³-hybridized carbons (Fsp3) is 0.683. The first-order chi connectivity index (χ1) is 26.0. The number of phosphoric acid groups is 1. The summed E-state index contributed by atoms with van der Waals surface area (Å²) in [7, 11) is -4.73. The maximum atomic E-state index is 12.6. The molecular weight excluding hydrogens is 713 g/mol. The molecule has 0 aromatic heterocycles. The maximum absolute atomic E-state index is 12.6. The molecule has 0 aromatic carbocycles. The summed E-state index contributed by atoms with van der Waals surface area (Å²) in [4.78, 5) is 45.8. The van der Waals surface area contributed by atoms with Gasteiger partial charge in [-0.1, -0.05) is 145 Å². The molecular formula is C41H70NO11P. The van der Waals surface area contributed by atoms with Gasteiger partial charge in [0, 0.05) is 12.8 Å². The van der Waals surface area contributed by atoms with Gasteiger partial charge in [0.2, 0.25) is 0 Å². The number of rotatable bonds is 36. The first kappa shape index (κ1) is 51.1. The van der Waals surface area contributed by atoms with Crippen molar-refractivity contribution in [2.24, 2.45) is 5.73 Å². The van der Waals surface area contributed by atoms with Crippen LogP contribution >= 0.6 is 7.82 Å². The van der Waals surface area contributed by atoms with Gasteiger partial charge >= 0.3 is 25.7 Å². The number of aliphatic carboxylic acids is 1. The fourth-order valence-corrected chi connectivity index (χ4v) is 5.72. The van der Waals surface area contributed by atoms with E-state index in [9.17, 15) is 28.9 Å². The van der Waals surface area contributed by atoms with Crippen molar-refractivity contribution in [2.75, 3.05) is 19.8 Å². The zero-order valence-electron chi connectivity index (χ0n) is 32.9. The van der Waals surface area contributed by atoms with Crippen LogP contribution in [0.5, 0.6) is 0 Å². The Morgan fingerprint density at radius 3 is 1.87 bits per heavy atom. The van der Waals surface area contributed by atoms with Crippen LogP contribution in [0.2, 0.25) is 0 Å². The van der Waals surface area contributed by atoms with Crippen molar-refractivity contribution in [1.82, 2.24) is 0 Å². The third kappa shape index (κ3) is 34.9. The standard InChI is InChI=1S/C41H70NO11P/c1-3-5-7-8-9-10-11-15-19-22-25-28-32-40(45)53-37(34-51-54(48,49)52-35-38(42)41(46)47)33-50-39(44)31-27-24-21-18-16-13-12-14-17-20-23-26-30-36(43)29-6-4-2/h6,12-13,17-18,20-21,23,26,29,36-38,43H,3-5,7-11,14-16,19,22,24-25,27-28,30-35,42H2,1-2H3,(H,46,47)(H,48,49)/b13-12-,20-17-,21-18-,26-23+,29-6-/t36?,37-,38+/m1/s1. The Morgan fingerprint density at radius 2 is 1.24 bits per heavy atom. The molecule has 0 aromatic rings. The third-order valence-electron chi connectivity index (χ3n) is 8.10. The average molecular weight is 784 g/mol. The van der Waals surface area contributed by atoms with Gasteiger partial charge in [-0.3, -0.25) is 23.4 Å². The van der Waals surface area contributed by atoms with E-state index in [2.05, 4.69) is 23.6 Å². The highest BCUT2D eigenvalue weighted by Gasteiger charge is 2.28. The molecule has 0 heterocycles. The monoisotopic (exact) mass is 783 g/mol. The highest BCUT2D eigenvalue weighted by Crippen LogP contribution is 2.43. The number of carbonyl (C=O) groups is 3. The highest BCUT2D eigenvalue weighted by molar-refractivity contribution is 7.47. The minimum Gasteiger partial charge on any atom is -0.480 e. The van der Waals surface area contributed by atoms with Crippen LogP contribution in [-0.4, -0.2) is 71.1 Å². The quantitative estimate of drug-likeness (QED) is 0.0155. The number of aliphatic hydroxyl groups is 1. The Bertz CT molecular complexity index is 1170. The Labute approximate surface area is 324 Å². The van der Waals surface area contributed by atoms with Gasteiger partial charge in [-0.15, -0.1) is 0 Å². The van der Waals surface area contributed by atoms with Crippen molar-refractivity contribution in [2.45, 2.75) is 161 Å². The topological polar surface area (TPSA) is 192 Å². The van der Waals surface area contributed by atoms with Crippen LogP contribution in [0.1, 0.15) is 142 Å². The first-order valence-corrected chi connectivity index (χ1v) is 21.4. The third-order valence-corrected chi connectivity index (χ3v) is 9.06. The van der Waals surface area contributed by atoms with Crippen molar-refractivity contribution in [3.8, 4) is 0 Å². The van der Waals surface area contributed by atoms with E-state index < -0.39 is 57.2 Å². The number of ether oxygens (including phenoxy) is 2. The number of unbranched alkanes of at least 4 members (excludes halogenated alkanes) is 12. The zero-order chi connectivity index (χ0) is 40.1. The number of allylic oxidation sites excluding steroid dienone is 8. The summed E-state index contributed by atoms with van der Waals surface area (Å²) >= 11 is 0. The largest absolute Gasteiger partial charge is 0.480 e. The number of hydrogen-bond acceptors (Lipinski definition) is 10. The average Bonchev–Trinajstić information content (AvgIpc) is 3.14. The molecule has 0 spiro atoms. The van der Waals surface area contributed by atoms with Crippen LogP contribution in [0.3, 0.4) is 0 Å². The van der Waals surface area contributed by atoms with Crippen LogP contribution in [0.4, 0.5) is 0 Å². The van der Waals surface area contributed by atoms with Gasteiger partial charge in [-0.25, -0.2) is 4.57 Å². The first-order valence-electron chi connectivity index (χ1n) is 19.9. The number of aliphatic hydroxyl groups excluding tert-OH is 1. The Balaban J connectivity index is 4.54. The van der Waals surface area contributed by atoms with Crippen molar-refractivity contribution >= 4 is 25.7 Å².